The van der Waals surface area contributed by atoms with E-state index >= 15 is 0 Å². The maximum absolute atomic E-state index is 10.3. The van der Waals surface area contributed by atoms with Crippen molar-refractivity contribution in [2.24, 2.45) is 0 Å². The van der Waals surface area contributed by atoms with Crippen LogP contribution in [0, 0.1) is 0 Å². The third kappa shape index (κ3) is 0.802. The van der Waals surface area contributed by atoms with Crippen LogP contribution in [0.5, 0.6) is 0 Å². The van der Waals surface area contributed by atoms with E-state index in [0.29, 0.717) is 12.3 Å². The number of hydrogen-bond donors (Lipinski definition) is 1. The highest BCUT2D eigenvalue weighted by molar-refractivity contribution is 6.19. The Balaban J connectivity index is 2.40. The summed E-state index contributed by atoms with van der Waals surface area (Å²) in [6, 6.07) is 0. The molecule has 46 valence electrons. The fourth-order valence-corrected chi connectivity index (χ4v) is 0.915. The largest absolute Gasteiger partial charge is 0.349 e. The summed E-state index contributed by atoms with van der Waals surface area (Å²) >= 11 is 5.50. The molecule has 0 radical (unpaired) electrons. The fraction of sp³-hybridized carbons (Fsp3) is 0.800. The molecular weight excluding hydrogens is 126 g/mol. The van der Waals surface area contributed by atoms with Crippen molar-refractivity contribution < 1.29 is 4.79 Å². The molecule has 1 aliphatic heterocycles. The van der Waals surface area contributed by atoms with E-state index < -0.39 is 0 Å². The zero-order valence-electron chi connectivity index (χ0n) is 4.70. The first-order chi connectivity index (χ1) is 3.66. The Morgan fingerprint density at radius 2 is 2.50 bits per heavy atom. The molecule has 8 heavy (non-hydrogen) atoms. The summed E-state index contributed by atoms with van der Waals surface area (Å²) < 4.78 is 0. The molecule has 0 bridgehead atoms. The Morgan fingerprint density at radius 1 is 2.00 bits per heavy atom. The number of carbonyl (C=O) groups excluding carboxylic acids is 1. The van der Waals surface area contributed by atoms with Crippen LogP contribution in [0.4, 0.5) is 0 Å². The molecule has 0 spiro atoms. The molecule has 1 atom stereocenters. The molecule has 2 nitrogen and oxygen atoms in total. The lowest BCUT2D eigenvalue weighted by molar-refractivity contribution is -0.131. The van der Waals surface area contributed by atoms with Crippen molar-refractivity contribution in [2.45, 2.75) is 18.9 Å². The van der Waals surface area contributed by atoms with Crippen LogP contribution in [0.2, 0.25) is 0 Å². The third-order valence-electron chi connectivity index (χ3n) is 1.29. The highest BCUT2D eigenvalue weighted by Gasteiger charge is 2.36. The molecule has 1 N–H and O–H groups in total. The summed E-state index contributed by atoms with van der Waals surface area (Å²) in [5, 5.41) is 2.70. The number of carbonyl (C=O) groups is 1. The normalized spacial score (nSPS) is 36.0. The van der Waals surface area contributed by atoms with Crippen molar-refractivity contribution in [3.63, 3.8) is 0 Å². The van der Waals surface area contributed by atoms with E-state index in [1.165, 1.54) is 0 Å². The molecule has 3 heteroatoms. The lowest BCUT2D eigenvalue weighted by atomic mass is 9.92. The molecular formula is C5H8ClNO. The minimum atomic E-state index is -0.0986. The first-order valence-corrected chi connectivity index (χ1v) is 3.07. The van der Waals surface area contributed by atoms with Crippen LogP contribution in [0.15, 0.2) is 0 Å². The summed E-state index contributed by atoms with van der Waals surface area (Å²) in [4.78, 5) is 10.3. The monoisotopic (exact) mass is 133 g/mol. The molecule has 0 aromatic carbocycles. The highest BCUT2D eigenvalue weighted by atomic mass is 35.5. The first kappa shape index (κ1) is 5.89. The van der Waals surface area contributed by atoms with Gasteiger partial charge in [-0.3, -0.25) is 4.79 Å². The van der Waals surface area contributed by atoms with E-state index in [-0.39, 0.29) is 11.4 Å². The second-order valence-electron chi connectivity index (χ2n) is 2.42. The number of alkyl halides is 1. The standard InChI is InChI=1S/C5H8ClNO/c1-5(3-6)2-4(8)7-5/h2-3H2,1H3,(H,7,8)/t5-/m0/s1. The van der Waals surface area contributed by atoms with Gasteiger partial charge in [-0.15, -0.1) is 11.6 Å². The average Bonchev–Trinajstić information content (AvgIpc) is 1.63. The molecule has 1 fully saturated rings. The average molecular weight is 134 g/mol. The number of halogens is 1. The second kappa shape index (κ2) is 1.62. The van der Waals surface area contributed by atoms with Crippen molar-refractivity contribution in [1.29, 1.82) is 0 Å². The van der Waals surface area contributed by atoms with Crippen LogP contribution in [-0.2, 0) is 4.79 Å². The smallest absolute Gasteiger partial charge is 0.222 e. The topological polar surface area (TPSA) is 29.1 Å². The molecule has 0 aliphatic carbocycles. The zero-order valence-corrected chi connectivity index (χ0v) is 5.46. The number of β-lactam (4-membered cyclic amide) rings is 1. The van der Waals surface area contributed by atoms with Gasteiger partial charge in [-0.25, -0.2) is 0 Å². The van der Waals surface area contributed by atoms with Crippen molar-refractivity contribution in [3.05, 3.63) is 0 Å². The molecule has 0 aromatic heterocycles. The Labute approximate surface area is 53.2 Å². The van der Waals surface area contributed by atoms with Gasteiger partial charge in [0.2, 0.25) is 5.91 Å². The molecule has 0 aromatic rings. The number of hydrogen-bond acceptors (Lipinski definition) is 1. The third-order valence-corrected chi connectivity index (χ3v) is 1.88. The number of rotatable bonds is 1. The van der Waals surface area contributed by atoms with Gasteiger partial charge in [-0.05, 0) is 6.92 Å². The molecule has 1 amide bonds. The van der Waals surface area contributed by atoms with E-state index in [4.69, 9.17) is 11.6 Å². The Hall–Kier alpha value is -0.240. The Kier molecular flexibility index (Phi) is 1.19. The maximum atomic E-state index is 10.3. The summed E-state index contributed by atoms with van der Waals surface area (Å²) in [5.41, 5.74) is -0.0986. The molecule has 1 aliphatic rings. The van der Waals surface area contributed by atoms with E-state index in [9.17, 15) is 4.79 Å². The van der Waals surface area contributed by atoms with Gasteiger partial charge < -0.3 is 5.32 Å². The molecule has 1 heterocycles. The van der Waals surface area contributed by atoms with Gasteiger partial charge in [0.05, 0.1) is 12.0 Å². The van der Waals surface area contributed by atoms with Crippen LogP contribution in [0.1, 0.15) is 13.3 Å². The summed E-state index contributed by atoms with van der Waals surface area (Å²) in [6.45, 7) is 1.93. The van der Waals surface area contributed by atoms with Crippen LogP contribution < -0.4 is 5.32 Å². The quantitative estimate of drug-likeness (QED) is 0.410. The van der Waals surface area contributed by atoms with Gasteiger partial charge in [-0.2, -0.15) is 0 Å². The second-order valence-corrected chi connectivity index (χ2v) is 2.69. The SMILES string of the molecule is C[C@@]1(CCl)CC(=O)N1. The van der Waals surface area contributed by atoms with Crippen molar-refractivity contribution in [3.8, 4) is 0 Å². The Bertz CT molecular complexity index is 116. The van der Waals surface area contributed by atoms with Crippen molar-refractivity contribution in [2.75, 3.05) is 5.88 Å². The summed E-state index contributed by atoms with van der Waals surface area (Å²) in [7, 11) is 0. The summed E-state index contributed by atoms with van der Waals surface area (Å²) in [6.07, 6.45) is 0.580. The first-order valence-electron chi connectivity index (χ1n) is 2.53. The fourth-order valence-electron chi connectivity index (χ4n) is 0.753. The molecule has 1 rings (SSSR count). The lowest BCUT2D eigenvalue weighted by Crippen LogP contribution is -2.60. The van der Waals surface area contributed by atoms with Crippen LogP contribution in [0.25, 0.3) is 0 Å². The molecule has 0 saturated carbocycles. The maximum Gasteiger partial charge on any atom is 0.222 e. The minimum Gasteiger partial charge on any atom is -0.349 e. The van der Waals surface area contributed by atoms with Gasteiger partial charge >= 0.3 is 0 Å². The highest BCUT2D eigenvalue weighted by Crippen LogP contribution is 2.19. The predicted molar refractivity (Wildman–Crippen MR) is 31.9 cm³/mol. The number of nitrogens with one attached hydrogen (secondary N) is 1. The lowest BCUT2D eigenvalue weighted by Gasteiger charge is -2.36. The van der Waals surface area contributed by atoms with Crippen molar-refractivity contribution in [1.82, 2.24) is 5.32 Å². The Morgan fingerprint density at radius 3 is 2.62 bits per heavy atom. The van der Waals surface area contributed by atoms with E-state index in [2.05, 4.69) is 5.32 Å². The van der Waals surface area contributed by atoms with Gasteiger partial charge in [0.15, 0.2) is 0 Å². The van der Waals surface area contributed by atoms with Crippen LogP contribution in [-0.4, -0.2) is 17.3 Å². The van der Waals surface area contributed by atoms with Gasteiger partial charge in [0, 0.05) is 5.88 Å². The summed E-state index contributed by atoms with van der Waals surface area (Å²) in [5.74, 6) is 0.617. The molecule has 0 unspecified atom stereocenters. The van der Waals surface area contributed by atoms with Gasteiger partial charge in [0.1, 0.15) is 0 Å². The van der Waals surface area contributed by atoms with Crippen LogP contribution >= 0.6 is 11.6 Å². The van der Waals surface area contributed by atoms with Gasteiger partial charge in [-0.1, -0.05) is 0 Å². The van der Waals surface area contributed by atoms with E-state index in [0.717, 1.165) is 0 Å². The minimum absolute atomic E-state index is 0.0986. The predicted octanol–water partition coefficient (Wildman–Crippen LogP) is 0.504. The van der Waals surface area contributed by atoms with Gasteiger partial charge in [0.25, 0.3) is 0 Å². The number of amides is 1. The van der Waals surface area contributed by atoms with E-state index in [1.54, 1.807) is 0 Å². The van der Waals surface area contributed by atoms with E-state index in [1.807, 2.05) is 6.92 Å². The van der Waals surface area contributed by atoms with Crippen molar-refractivity contribution >= 4 is 17.5 Å². The zero-order chi connectivity index (χ0) is 6.20. The molecule has 1 saturated heterocycles. The van der Waals surface area contributed by atoms with Crippen LogP contribution in [0.3, 0.4) is 0 Å².